The number of nitrogens with zero attached hydrogens (tertiary/aromatic N) is 3. The molecule has 0 saturated heterocycles. The first kappa shape index (κ1) is 27.0. The molecule has 6 rings (SSSR count). The van der Waals surface area contributed by atoms with Crippen LogP contribution >= 0.6 is 36.7 Å². The number of hydrogen-bond acceptors (Lipinski definition) is 6. The van der Waals surface area contributed by atoms with E-state index in [0.717, 1.165) is 67.7 Å². The van der Waals surface area contributed by atoms with Gasteiger partial charge in [-0.15, -0.1) is 0 Å². The fraction of sp³-hybridized carbons (Fsp3) is 0.0909. The van der Waals surface area contributed by atoms with Crippen molar-refractivity contribution in [3.05, 3.63) is 127 Å². The van der Waals surface area contributed by atoms with Crippen LogP contribution in [0.4, 0.5) is 0 Å². The monoisotopic (exact) mass is 751 g/mol. The van der Waals surface area contributed by atoms with E-state index in [0.29, 0.717) is 0 Å². The van der Waals surface area contributed by atoms with Gasteiger partial charge < -0.3 is 0 Å². The Morgan fingerprint density at radius 3 is 1.12 bits per heavy atom. The van der Waals surface area contributed by atoms with Crippen molar-refractivity contribution in [2.45, 2.75) is 19.3 Å². The number of hydrogen-bond donors (Lipinski definition) is 0. The molecule has 3 aromatic heterocycles. The van der Waals surface area contributed by atoms with Crippen LogP contribution in [0.3, 0.4) is 0 Å². The summed E-state index contributed by atoms with van der Waals surface area (Å²) in [6.45, 7) is 0. The Morgan fingerprint density at radius 2 is 0.825 bits per heavy atom. The van der Waals surface area contributed by atoms with Crippen LogP contribution in [-0.2, 0) is 16.5 Å². The van der Waals surface area contributed by atoms with E-state index in [4.69, 9.17) is 51.6 Å². The zero-order valence-corrected chi connectivity index (χ0v) is 26.3. The molecule has 3 heterocycles. The molecule has 0 N–H and O–H groups in total. The Balaban J connectivity index is 1.66. The van der Waals surface area contributed by atoms with Crippen molar-refractivity contribution in [1.82, 2.24) is 15.0 Å². The summed E-state index contributed by atoms with van der Waals surface area (Å²) in [5.41, 5.74) is 5.86. The Hall–Kier alpha value is -3.19. The molecule has 3 aliphatic rings. The van der Waals surface area contributed by atoms with Crippen molar-refractivity contribution in [1.29, 1.82) is 0 Å². The van der Waals surface area contributed by atoms with Gasteiger partial charge in [-0.3, -0.25) is 0 Å². The van der Waals surface area contributed by atoms with E-state index in [2.05, 4.69) is 72.9 Å². The van der Waals surface area contributed by atoms with Crippen molar-refractivity contribution < 1.29 is 16.5 Å². The number of thiocarbonyl (C=S) groups is 3. The first-order valence-electron chi connectivity index (χ1n) is 12.8. The molecular formula is C33H24IrN3S3. The van der Waals surface area contributed by atoms with Crippen LogP contribution in [0.2, 0.25) is 0 Å². The predicted octanol–water partition coefficient (Wildman–Crippen LogP) is 5.91. The van der Waals surface area contributed by atoms with Crippen molar-refractivity contribution in [2.75, 3.05) is 0 Å². The third-order valence-corrected chi connectivity index (χ3v) is 14.5. The molecule has 7 heteroatoms. The molecule has 0 saturated carbocycles. The van der Waals surface area contributed by atoms with Gasteiger partial charge in [0.2, 0.25) is 0 Å². The molecule has 3 aliphatic carbocycles. The molecule has 198 valence electrons. The van der Waals surface area contributed by atoms with Crippen LogP contribution in [0, 0.1) is 0 Å². The molecule has 0 spiro atoms. The van der Waals surface area contributed by atoms with Gasteiger partial charge in [0, 0.05) is 0 Å². The molecule has 0 unspecified atom stereocenters. The maximum atomic E-state index is 5.84. The molecule has 0 fully saturated rings. The Morgan fingerprint density at radius 1 is 0.500 bits per heavy atom. The summed E-state index contributed by atoms with van der Waals surface area (Å²) in [5, 5.41) is 0. The summed E-state index contributed by atoms with van der Waals surface area (Å²) < 4.78 is 3.60. The van der Waals surface area contributed by atoms with Gasteiger partial charge in [0.15, 0.2) is 0 Å². The van der Waals surface area contributed by atoms with Gasteiger partial charge in [0.05, 0.1) is 0 Å². The van der Waals surface area contributed by atoms with Crippen LogP contribution in [0.25, 0.3) is 16.7 Å². The second kappa shape index (κ2) is 12.1. The molecule has 0 aromatic carbocycles. The molecule has 0 radical (unpaired) electrons. The summed E-state index contributed by atoms with van der Waals surface area (Å²) >= 11 is 14.8. The van der Waals surface area contributed by atoms with Crippen LogP contribution in [0.1, 0.15) is 36.3 Å². The average molecular weight is 751 g/mol. The molecule has 0 atom stereocenters. The minimum atomic E-state index is -2.69. The number of aromatic nitrogens is 3. The van der Waals surface area contributed by atoms with E-state index in [-0.39, 0.29) is 0 Å². The standard InChI is InChI=1S/3C11H8NS.Ir/c3*13-11-7-2-1-5-9(11)10-6-3-4-8-12-10;/h3*1-5,8H,7H2;. The van der Waals surface area contributed by atoms with Crippen molar-refractivity contribution in [2.24, 2.45) is 0 Å². The van der Waals surface area contributed by atoms with Gasteiger partial charge in [0.1, 0.15) is 0 Å². The second-order valence-electron chi connectivity index (χ2n) is 9.09. The van der Waals surface area contributed by atoms with Gasteiger partial charge >= 0.3 is 258 Å². The summed E-state index contributed by atoms with van der Waals surface area (Å²) in [6.07, 6.45) is 26.6. The summed E-state index contributed by atoms with van der Waals surface area (Å²) in [6, 6.07) is 12.7. The number of pyridine rings is 3. The van der Waals surface area contributed by atoms with Gasteiger partial charge in [-0.25, -0.2) is 0 Å². The topological polar surface area (TPSA) is 38.7 Å². The van der Waals surface area contributed by atoms with E-state index in [1.807, 2.05) is 36.8 Å². The van der Waals surface area contributed by atoms with Crippen LogP contribution in [0.5, 0.6) is 0 Å². The molecule has 0 amide bonds. The first-order valence-corrected chi connectivity index (χ1v) is 17.6. The normalized spacial score (nSPS) is 16.9. The molecule has 0 aliphatic heterocycles. The number of rotatable bonds is 6. The van der Waals surface area contributed by atoms with E-state index in [1.165, 1.54) is 12.2 Å². The molecule has 3 aromatic rings. The van der Waals surface area contributed by atoms with Crippen LogP contribution in [0.15, 0.2) is 110 Å². The zero-order chi connectivity index (χ0) is 27.5. The third kappa shape index (κ3) is 5.28. The van der Waals surface area contributed by atoms with Crippen LogP contribution in [-0.4, -0.2) is 29.5 Å². The van der Waals surface area contributed by atoms with Crippen molar-refractivity contribution in [3.8, 4) is 0 Å². The van der Waals surface area contributed by atoms with Gasteiger partial charge in [0.25, 0.3) is 0 Å². The SMILES string of the molecule is S=C1CC=CC=C1c1nccc[c]1[Ir]([c]1cccnc1C1=CC=CCC1=S)[c]1cccnc1C1=CC=CCC1=S. The summed E-state index contributed by atoms with van der Waals surface area (Å²) in [5.74, 6) is 0. The molecule has 3 nitrogen and oxygen atoms in total. The van der Waals surface area contributed by atoms with E-state index in [1.54, 1.807) is 0 Å². The van der Waals surface area contributed by atoms with E-state index < -0.39 is 16.5 Å². The maximum absolute atomic E-state index is 5.84. The molecular weight excluding hydrogens is 727 g/mol. The summed E-state index contributed by atoms with van der Waals surface area (Å²) in [4.78, 5) is 17.6. The average Bonchev–Trinajstić information content (AvgIpc) is 2.99. The molecule has 0 bridgehead atoms. The third-order valence-electron chi connectivity index (χ3n) is 6.53. The van der Waals surface area contributed by atoms with E-state index in [9.17, 15) is 0 Å². The van der Waals surface area contributed by atoms with Crippen molar-refractivity contribution >= 4 is 80.2 Å². The second-order valence-corrected chi connectivity index (χ2v) is 16.2. The van der Waals surface area contributed by atoms with Gasteiger partial charge in [-0.1, -0.05) is 0 Å². The van der Waals surface area contributed by atoms with Gasteiger partial charge in [-0.2, -0.15) is 0 Å². The number of allylic oxidation sites excluding steroid dienone is 12. The Kier molecular flexibility index (Phi) is 8.19. The predicted molar refractivity (Wildman–Crippen MR) is 175 cm³/mol. The minimum absolute atomic E-state index is 0.740. The Labute approximate surface area is 256 Å². The fourth-order valence-corrected chi connectivity index (χ4v) is 12.6. The van der Waals surface area contributed by atoms with Crippen molar-refractivity contribution in [3.63, 3.8) is 0 Å². The Bertz CT molecular complexity index is 1540. The zero-order valence-electron chi connectivity index (χ0n) is 21.4. The first-order chi connectivity index (χ1) is 19.6. The van der Waals surface area contributed by atoms with Gasteiger partial charge in [-0.05, 0) is 0 Å². The fourth-order valence-electron chi connectivity index (χ4n) is 4.67. The van der Waals surface area contributed by atoms with Crippen LogP contribution < -0.4 is 12.2 Å². The van der Waals surface area contributed by atoms with E-state index >= 15 is 0 Å². The summed E-state index contributed by atoms with van der Waals surface area (Å²) in [7, 11) is 0. The molecule has 40 heavy (non-hydrogen) atoms. The quantitative estimate of drug-likeness (QED) is 0.292.